The maximum atomic E-state index is 11.9. The molecular formula is C16H23N3O2. The largest absolute Gasteiger partial charge is 0.347 e. The zero-order valence-corrected chi connectivity index (χ0v) is 12.7. The molecule has 0 saturated carbocycles. The maximum Gasteiger partial charge on any atom is 0.313 e. The van der Waals surface area contributed by atoms with Gasteiger partial charge in [-0.3, -0.25) is 9.59 Å². The number of benzene rings is 1. The Morgan fingerprint density at radius 1 is 1.29 bits per heavy atom. The predicted octanol–water partition coefficient (Wildman–Crippen LogP) is 1.26. The predicted molar refractivity (Wildman–Crippen MR) is 83.1 cm³/mol. The Kier molecular flexibility index (Phi) is 5.33. The summed E-state index contributed by atoms with van der Waals surface area (Å²) in [5.41, 5.74) is 1.73. The second-order valence-corrected chi connectivity index (χ2v) is 5.59. The number of hydrogen-bond acceptors (Lipinski definition) is 3. The molecule has 1 aliphatic rings. The summed E-state index contributed by atoms with van der Waals surface area (Å²) in [5.74, 6) is -0.715. The third-order valence-electron chi connectivity index (χ3n) is 3.89. The van der Waals surface area contributed by atoms with Crippen LogP contribution in [0.3, 0.4) is 0 Å². The fourth-order valence-electron chi connectivity index (χ4n) is 2.64. The normalized spacial score (nSPS) is 18.5. The maximum absolute atomic E-state index is 11.9. The molecule has 2 amide bonds. The highest BCUT2D eigenvalue weighted by Crippen LogP contribution is 2.15. The van der Waals surface area contributed by atoms with Gasteiger partial charge in [-0.25, -0.2) is 0 Å². The molecule has 1 saturated heterocycles. The number of rotatable bonds is 4. The van der Waals surface area contributed by atoms with Crippen LogP contribution in [0.1, 0.15) is 18.9 Å². The van der Waals surface area contributed by atoms with Crippen LogP contribution in [0.2, 0.25) is 0 Å². The summed E-state index contributed by atoms with van der Waals surface area (Å²) in [6.07, 6.45) is 1.88. The molecule has 1 aromatic carbocycles. The Morgan fingerprint density at radius 2 is 2.05 bits per heavy atom. The molecule has 0 aliphatic carbocycles. The van der Waals surface area contributed by atoms with E-state index in [1.807, 2.05) is 31.2 Å². The molecule has 1 fully saturated rings. The van der Waals surface area contributed by atoms with Gasteiger partial charge >= 0.3 is 11.8 Å². The summed E-state index contributed by atoms with van der Waals surface area (Å²) in [4.78, 5) is 26.0. The minimum absolute atomic E-state index is 0.440. The number of anilines is 1. The first-order valence-electron chi connectivity index (χ1n) is 7.45. The van der Waals surface area contributed by atoms with E-state index in [1.54, 1.807) is 0 Å². The number of nitrogens with one attached hydrogen (secondary N) is 2. The number of amides is 2. The molecule has 21 heavy (non-hydrogen) atoms. The van der Waals surface area contributed by atoms with Gasteiger partial charge in [0.25, 0.3) is 0 Å². The van der Waals surface area contributed by atoms with E-state index < -0.39 is 11.8 Å². The fourth-order valence-corrected chi connectivity index (χ4v) is 2.64. The van der Waals surface area contributed by atoms with Crippen molar-refractivity contribution in [1.29, 1.82) is 0 Å². The number of carbonyl (C=O) groups excluding carboxylic acids is 2. The van der Waals surface area contributed by atoms with Crippen LogP contribution in [-0.2, 0) is 16.0 Å². The number of carbonyl (C=O) groups is 2. The smallest absolute Gasteiger partial charge is 0.313 e. The number of likely N-dealkylation sites (tertiary alicyclic amines) is 1. The van der Waals surface area contributed by atoms with Crippen molar-refractivity contribution in [2.45, 2.75) is 19.8 Å². The lowest BCUT2D eigenvalue weighted by Crippen LogP contribution is -2.38. The molecular weight excluding hydrogens is 266 g/mol. The zero-order chi connectivity index (χ0) is 15.2. The summed E-state index contributed by atoms with van der Waals surface area (Å²) in [5, 5.41) is 5.41. The van der Waals surface area contributed by atoms with Crippen LogP contribution in [0.25, 0.3) is 0 Å². The first kappa shape index (κ1) is 15.5. The van der Waals surface area contributed by atoms with E-state index in [9.17, 15) is 9.59 Å². The third kappa shape index (κ3) is 4.29. The van der Waals surface area contributed by atoms with Gasteiger partial charge in [-0.15, -0.1) is 0 Å². The van der Waals surface area contributed by atoms with Crippen molar-refractivity contribution in [2.75, 3.05) is 32.0 Å². The molecule has 5 heteroatoms. The Hall–Kier alpha value is -1.88. The van der Waals surface area contributed by atoms with Crippen LogP contribution < -0.4 is 10.6 Å². The second kappa shape index (κ2) is 7.22. The van der Waals surface area contributed by atoms with Gasteiger partial charge in [0, 0.05) is 18.8 Å². The molecule has 0 radical (unpaired) electrons. The van der Waals surface area contributed by atoms with Crippen molar-refractivity contribution < 1.29 is 9.59 Å². The monoisotopic (exact) mass is 289 g/mol. The third-order valence-corrected chi connectivity index (χ3v) is 3.89. The number of para-hydroxylation sites is 1. The van der Waals surface area contributed by atoms with Crippen LogP contribution in [0.5, 0.6) is 0 Å². The summed E-state index contributed by atoms with van der Waals surface area (Å²) in [6, 6.07) is 7.53. The summed E-state index contributed by atoms with van der Waals surface area (Å²) >= 11 is 0. The number of nitrogens with zero attached hydrogens (tertiary/aromatic N) is 1. The molecule has 5 nitrogen and oxygen atoms in total. The Morgan fingerprint density at radius 3 is 2.71 bits per heavy atom. The lowest BCUT2D eigenvalue weighted by molar-refractivity contribution is -0.136. The number of aryl methyl sites for hydroxylation is 1. The van der Waals surface area contributed by atoms with E-state index in [0.717, 1.165) is 31.5 Å². The van der Waals surface area contributed by atoms with Crippen molar-refractivity contribution in [3.63, 3.8) is 0 Å². The van der Waals surface area contributed by atoms with Crippen molar-refractivity contribution >= 4 is 17.5 Å². The first-order chi connectivity index (χ1) is 10.1. The van der Waals surface area contributed by atoms with Gasteiger partial charge in [-0.05, 0) is 44.0 Å². The summed E-state index contributed by atoms with van der Waals surface area (Å²) in [7, 11) is 2.07. The molecule has 1 aliphatic heterocycles. The summed E-state index contributed by atoms with van der Waals surface area (Å²) in [6.45, 7) is 4.60. The van der Waals surface area contributed by atoms with E-state index in [2.05, 4.69) is 22.6 Å². The molecule has 1 aromatic rings. The number of hydrogen-bond donors (Lipinski definition) is 2. The average Bonchev–Trinajstić information content (AvgIpc) is 2.91. The van der Waals surface area contributed by atoms with Gasteiger partial charge < -0.3 is 15.5 Å². The van der Waals surface area contributed by atoms with E-state index in [4.69, 9.17) is 0 Å². The van der Waals surface area contributed by atoms with Crippen LogP contribution in [0.15, 0.2) is 24.3 Å². The molecule has 2 rings (SSSR count). The highest BCUT2D eigenvalue weighted by Gasteiger charge is 2.21. The minimum Gasteiger partial charge on any atom is -0.347 e. The van der Waals surface area contributed by atoms with Gasteiger partial charge in [0.1, 0.15) is 0 Å². The molecule has 0 spiro atoms. The minimum atomic E-state index is -0.595. The van der Waals surface area contributed by atoms with E-state index in [0.29, 0.717) is 18.2 Å². The standard InChI is InChI=1S/C16H23N3O2/c1-3-13-6-4-5-7-14(13)18-16(21)15(20)17-10-12-8-9-19(2)11-12/h4-7,12H,3,8-11H2,1-2H3,(H,17,20)(H,18,21)/t12-/m1/s1. The van der Waals surface area contributed by atoms with Crippen molar-refractivity contribution in [2.24, 2.45) is 5.92 Å². The van der Waals surface area contributed by atoms with Gasteiger partial charge in [0.2, 0.25) is 0 Å². The van der Waals surface area contributed by atoms with E-state index in [-0.39, 0.29) is 0 Å². The van der Waals surface area contributed by atoms with Crippen molar-refractivity contribution in [1.82, 2.24) is 10.2 Å². The fraction of sp³-hybridized carbons (Fsp3) is 0.500. The van der Waals surface area contributed by atoms with E-state index in [1.165, 1.54) is 0 Å². The van der Waals surface area contributed by atoms with Crippen LogP contribution in [-0.4, -0.2) is 43.4 Å². The molecule has 0 unspecified atom stereocenters. The molecule has 1 heterocycles. The molecule has 2 N–H and O–H groups in total. The Labute approximate surface area is 125 Å². The molecule has 0 aromatic heterocycles. The van der Waals surface area contributed by atoms with Crippen molar-refractivity contribution in [3.05, 3.63) is 29.8 Å². The second-order valence-electron chi connectivity index (χ2n) is 5.59. The zero-order valence-electron chi connectivity index (χ0n) is 12.7. The van der Waals surface area contributed by atoms with Crippen LogP contribution >= 0.6 is 0 Å². The molecule has 0 bridgehead atoms. The topological polar surface area (TPSA) is 61.4 Å². The Balaban J connectivity index is 1.83. The molecule has 114 valence electrons. The quantitative estimate of drug-likeness (QED) is 0.820. The van der Waals surface area contributed by atoms with Gasteiger partial charge in [-0.1, -0.05) is 25.1 Å². The Bertz CT molecular complexity index is 516. The lowest BCUT2D eigenvalue weighted by atomic mass is 10.1. The van der Waals surface area contributed by atoms with Crippen LogP contribution in [0.4, 0.5) is 5.69 Å². The van der Waals surface area contributed by atoms with Crippen molar-refractivity contribution in [3.8, 4) is 0 Å². The van der Waals surface area contributed by atoms with Crippen LogP contribution in [0, 0.1) is 5.92 Å². The van der Waals surface area contributed by atoms with E-state index >= 15 is 0 Å². The average molecular weight is 289 g/mol. The molecule has 1 atom stereocenters. The highest BCUT2D eigenvalue weighted by molar-refractivity contribution is 6.39. The lowest BCUT2D eigenvalue weighted by Gasteiger charge is -2.12. The van der Waals surface area contributed by atoms with Gasteiger partial charge in [-0.2, -0.15) is 0 Å². The van der Waals surface area contributed by atoms with Gasteiger partial charge in [0.05, 0.1) is 0 Å². The summed E-state index contributed by atoms with van der Waals surface area (Å²) < 4.78 is 0. The highest BCUT2D eigenvalue weighted by atomic mass is 16.2. The first-order valence-corrected chi connectivity index (χ1v) is 7.45. The SMILES string of the molecule is CCc1ccccc1NC(=O)C(=O)NC[C@H]1CCN(C)C1. The van der Waals surface area contributed by atoms with Gasteiger partial charge in [0.15, 0.2) is 0 Å².